The second-order valence-corrected chi connectivity index (χ2v) is 9.37. The number of aromatic amines is 1. The molecule has 1 fully saturated rings. The van der Waals surface area contributed by atoms with Crippen LogP contribution in [0.5, 0.6) is 0 Å². The Morgan fingerprint density at radius 1 is 1.16 bits per heavy atom. The number of aromatic nitrogens is 1. The predicted molar refractivity (Wildman–Crippen MR) is 138 cm³/mol. The molecular formula is C24H32N6O6S. The van der Waals surface area contributed by atoms with Gasteiger partial charge in [0.05, 0.1) is 6.04 Å². The summed E-state index contributed by atoms with van der Waals surface area (Å²) in [5.41, 5.74) is 12.6. The molecule has 8 N–H and O–H groups in total. The molecule has 0 spiro atoms. The van der Waals surface area contributed by atoms with Crippen LogP contribution < -0.4 is 22.1 Å². The van der Waals surface area contributed by atoms with Crippen LogP contribution in [0.25, 0.3) is 10.9 Å². The molecule has 12 nitrogen and oxygen atoms in total. The second kappa shape index (κ2) is 12.6. The third-order valence-electron chi connectivity index (χ3n) is 6.38. The Bertz CT molecular complexity index is 1170. The van der Waals surface area contributed by atoms with Crippen molar-refractivity contribution in [3.05, 3.63) is 36.0 Å². The fourth-order valence-electron chi connectivity index (χ4n) is 4.40. The number of H-pyrrole nitrogens is 1. The van der Waals surface area contributed by atoms with Crippen molar-refractivity contribution in [2.24, 2.45) is 11.5 Å². The molecule has 3 rings (SSSR count). The van der Waals surface area contributed by atoms with E-state index in [-0.39, 0.29) is 31.6 Å². The van der Waals surface area contributed by atoms with Crippen molar-refractivity contribution in [2.45, 2.75) is 56.3 Å². The average molecular weight is 533 g/mol. The van der Waals surface area contributed by atoms with E-state index in [1.807, 2.05) is 24.3 Å². The molecule has 4 atom stereocenters. The molecule has 4 amide bonds. The second-order valence-electron chi connectivity index (χ2n) is 9.01. The summed E-state index contributed by atoms with van der Waals surface area (Å²) < 4.78 is 0. The summed E-state index contributed by atoms with van der Waals surface area (Å²) in [5, 5.41) is 15.4. The lowest BCUT2D eigenvalue weighted by atomic mass is 10.0. The maximum absolute atomic E-state index is 13.7. The first-order valence-electron chi connectivity index (χ1n) is 12.0. The highest BCUT2D eigenvalue weighted by Crippen LogP contribution is 2.23. The fraction of sp³-hybridized carbons (Fsp3) is 0.458. The van der Waals surface area contributed by atoms with Gasteiger partial charge in [-0.25, -0.2) is 4.79 Å². The smallest absolute Gasteiger partial charge is 0.326 e. The third-order valence-corrected chi connectivity index (χ3v) is 6.77. The number of likely N-dealkylation sites (tertiary alicyclic amines) is 1. The van der Waals surface area contributed by atoms with Crippen LogP contribution in [-0.4, -0.2) is 81.1 Å². The number of carboxylic acid groups (broad SMARTS) is 1. The number of amides is 4. The molecule has 200 valence electrons. The van der Waals surface area contributed by atoms with Crippen molar-refractivity contribution in [1.82, 2.24) is 20.5 Å². The van der Waals surface area contributed by atoms with Gasteiger partial charge in [-0.1, -0.05) is 18.2 Å². The van der Waals surface area contributed by atoms with Crippen molar-refractivity contribution in [2.75, 3.05) is 12.3 Å². The molecule has 4 unspecified atom stereocenters. The Morgan fingerprint density at radius 3 is 2.57 bits per heavy atom. The number of thiol groups is 1. The molecule has 1 saturated heterocycles. The van der Waals surface area contributed by atoms with Gasteiger partial charge in [0.25, 0.3) is 0 Å². The monoisotopic (exact) mass is 532 g/mol. The van der Waals surface area contributed by atoms with Crippen LogP contribution >= 0.6 is 12.6 Å². The molecule has 0 aliphatic carbocycles. The van der Waals surface area contributed by atoms with Gasteiger partial charge >= 0.3 is 5.97 Å². The third kappa shape index (κ3) is 7.01. The van der Waals surface area contributed by atoms with Gasteiger partial charge in [0, 0.05) is 42.2 Å². The van der Waals surface area contributed by atoms with E-state index in [1.165, 1.54) is 4.90 Å². The molecule has 0 radical (unpaired) electrons. The lowest BCUT2D eigenvalue weighted by molar-refractivity contribution is -0.145. The van der Waals surface area contributed by atoms with E-state index in [0.717, 1.165) is 16.5 Å². The minimum atomic E-state index is -1.33. The molecule has 1 aliphatic heterocycles. The molecule has 1 aromatic heterocycles. The van der Waals surface area contributed by atoms with E-state index in [0.29, 0.717) is 12.8 Å². The zero-order chi connectivity index (χ0) is 27.1. The van der Waals surface area contributed by atoms with Crippen molar-refractivity contribution < 1.29 is 29.1 Å². The summed E-state index contributed by atoms with van der Waals surface area (Å²) in [6, 6.07) is 3.33. The van der Waals surface area contributed by atoms with Gasteiger partial charge in [0.2, 0.25) is 23.6 Å². The number of carbonyl (C=O) groups excluding carboxylic acids is 4. The first-order chi connectivity index (χ1) is 17.6. The van der Waals surface area contributed by atoms with Gasteiger partial charge in [-0.3, -0.25) is 19.2 Å². The Balaban J connectivity index is 1.81. The van der Waals surface area contributed by atoms with Gasteiger partial charge in [0.1, 0.15) is 18.1 Å². The van der Waals surface area contributed by atoms with Crippen molar-refractivity contribution in [3.8, 4) is 0 Å². The maximum atomic E-state index is 13.7. The first kappa shape index (κ1) is 28.0. The Labute approximate surface area is 218 Å². The van der Waals surface area contributed by atoms with Crippen LogP contribution in [0, 0.1) is 0 Å². The minimum Gasteiger partial charge on any atom is -0.480 e. The highest BCUT2D eigenvalue weighted by atomic mass is 32.1. The maximum Gasteiger partial charge on any atom is 0.326 e. The highest BCUT2D eigenvalue weighted by molar-refractivity contribution is 7.80. The number of primary amides is 1. The molecule has 2 heterocycles. The molecule has 13 heteroatoms. The quantitative estimate of drug-likeness (QED) is 0.175. The van der Waals surface area contributed by atoms with E-state index >= 15 is 0 Å². The van der Waals surface area contributed by atoms with Crippen molar-refractivity contribution >= 4 is 53.1 Å². The Kier molecular flexibility index (Phi) is 9.53. The largest absolute Gasteiger partial charge is 0.480 e. The van der Waals surface area contributed by atoms with E-state index in [9.17, 15) is 29.1 Å². The van der Waals surface area contributed by atoms with E-state index in [4.69, 9.17) is 11.5 Å². The number of carbonyl (C=O) groups is 5. The molecule has 1 aliphatic rings. The summed E-state index contributed by atoms with van der Waals surface area (Å²) in [7, 11) is 0. The minimum absolute atomic E-state index is 0.0798. The number of nitrogens with zero attached hydrogens (tertiary/aromatic N) is 1. The normalized spacial score (nSPS) is 17.7. The number of para-hydroxylation sites is 1. The summed E-state index contributed by atoms with van der Waals surface area (Å²) >= 11 is 4.06. The van der Waals surface area contributed by atoms with E-state index in [1.54, 1.807) is 6.20 Å². The van der Waals surface area contributed by atoms with Crippen LogP contribution in [0.3, 0.4) is 0 Å². The number of rotatable bonds is 12. The standard InChI is InChI=1S/C24H32N6O6S/c25-15(12-37)21(32)29-18(10-13-11-27-16-5-2-1-4-14(13)16)23(34)30-9-3-6-19(30)22(33)28-17(24(35)36)7-8-20(26)31/h1-2,4-5,11,15,17-19,27,37H,3,6-10,12,25H2,(H2,26,31)(H,28,33)(H,29,32)(H,35,36). The summed E-state index contributed by atoms with van der Waals surface area (Å²) in [6.45, 7) is 0.259. The Hall–Kier alpha value is -3.58. The summed E-state index contributed by atoms with van der Waals surface area (Å²) in [6.07, 6.45) is 2.37. The zero-order valence-corrected chi connectivity index (χ0v) is 21.1. The number of fused-ring (bicyclic) bond motifs is 1. The van der Waals surface area contributed by atoms with E-state index < -0.39 is 53.8 Å². The Morgan fingerprint density at radius 2 is 1.89 bits per heavy atom. The van der Waals surface area contributed by atoms with Crippen molar-refractivity contribution in [1.29, 1.82) is 0 Å². The van der Waals surface area contributed by atoms with Crippen LogP contribution in [0.4, 0.5) is 0 Å². The van der Waals surface area contributed by atoms with E-state index in [2.05, 4.69) is 28.2 Å². The van der Waals surface area contributed by atoms with Gasteiger partial charge in [0.15, 0.2) is 0 Å². The molecular weight excluding hydrogens is 500 g/mol. The summed E-state index contributed by atoms with van der Waals surface area (Å²) in [5.74, 6) is -3.59. The van der Waals surface area contributed by atoms with Crippen LogP contribution in [0.2, 0.25) is 0 Å². The number of benzene rings is 1. The topological polar surface area (TPSA) is 201 Å². The lowest BCUT2D eigenvalue weighted by Gasteiger charge is -2.30. The number of hydrogen-bond acceptors (Lipinski definition) is 7. The molecule has 2 aromatic rings. The van der Waals surface area contributed by atoms with Crippen LogP contribution in [-0.2, 0) is 30.4 Å². The van der Waals surface area contributed by atoms with Gasteiger partial charge in [-0.15, -0.1) is 0 Å². The number of nitrogens with two attached hydrogens (primary N) is 2. The zero-order valence-electron chi connectivity index (χ0n) is 20.2. The number of aliphatic carboxylic acids is 1. The number of nitrogens with one attached hydrogen (secondary N) is 3. The average Bonchev–Trinajstić information content (AvgIpc) is 3.52. The van der Waals surface area contributed by atoms with Crippen LogP contribution in [0.1, 0.15) is 31.2 Å². The molecule has 0 bridgehead atoms. The van der Waals surface area contributed by atoms with Gasteiger partial charge in [-0.2, -0.15) is 12.6 Å². The lowest BCUT2D eigenvalue weighted by Crippen LogP contribution is -2.57. The van der Waals surface area contributed by atoms with Crippen molar-refractivity contribution in [3.63, 3.8) is 0 Å². The molecule has 37 heavy (non-hydrogen) atoms. The number of hydrogen-bond donors (Lipinski definition) is 7. The predicted octanol–water partition coefficient (Wildman–Crippen LogP) is -0.722. The van der Waals surface area contributed by atoms with Crippen LogP contribution in [0.15, 0.2) is 30.5 Å². The van der Waals surface area contributed by atoms with Gasteiger partial charge < -0.3 is 37.1 Å². The molecule has 0 saturated carbocycles. The van der Waals surface area contributed by atoms with Gasteiger partial charge in [-0.05, 0) is 30.9 Å². The fourth-order valence-corrected chi connectivity index (χ4v) is 4.56. The highest BCUT2D eigenvalue weighted by Gasteiger charge is 2.39. The number of carboxylic acids is 1. The molecule has 1 aromatic carbocycles. The first-order valence-corrected chi connectivity index (χ1v) is 12.6. The summed E-state index contributed by atoms with van der Waals surface area (Å²) in [4.78, 5) is 66.4. The SMILES string of the molecule is NC(=O)CCC(NC(=O)C1CCCN1C(=O)C(Cc1c[nH]c2ccccc12)NC(=O)C(N)CS)C(=O)O.